The van der Waals surface area contributed by atoms with Crippen LogP contribution in [0.1, 0.15) is 24.8 Å². The molecule has 1 saturated heterocycles. The maximum absolute atomic E-state index is 12.7. The van der Waals surface area contributed by atoms with Gasteiger partial charge in [0.2, 0.25) is 10.0 Å². The molecule has 0 radical (unpaired) electrons. The van der Waals surface area contributed by atoms with E-state index in [9.17, 15) is 8.42 Å². The zero-order chi connectivity index (χ0) is 19.1. The predicted octanol–water partition coefficient (Wildman–Crippen LogP) is 1.03. The van der Waals surface area contributed by atoms with E-state index >= 15 is 0 Å². The highest BCUT2D eigenvalue weighted by Gasteiger charge is 2.28. The number of piperidine rings is 1. The van der Waals surface area contributed by atoms with E-state index in [1.807, 2.05) is 24.3 Å². The van der Waals surface area contributed by atoms with E-state index in [2.05, 4.69) is 20.5 Å². The van der Waals surface area contributed by atoms with Gasteiger partial charge in [-0.05, 0) is 44.0 Å². The molecular formula is C19H31N5O2S. The van der Waals surface area contributed by atoms with Gasteiger partial charge in [0.1, 0.15) is 0 Å². The summed E-state index contributed by atoms with van der Waals surface area (Å²) in [5.41, 5.74) is 1.92. The van der Waals surface area contributed by atoms with E-state index in [1.165, 1.54) is 36.7 Å². The maximum atomic E-state index is 12.7. The Morgan fingerprint density at radius 3 is 2.59 bits per heavy atom. The number of nitrogens with one attached hydrogen (secondary N) is 2. The summed E-state index contributed by atoms with van der Waals surface area (Å²) >= 11 is 0. The van der Waals surface area contributed by atoms with E-state index in [-0.39, 0.29) is 5.75 Å². The summed E-state index contributed by atoms with van der Waals surface area (Å²) in [6, 6.07) is 7.72. The van der Waals surface area contributed by atoms with Gasteiger partial charge in [0, 0.05) is 33.2 Å². The quantitative estimate of drug-likeness (QED) is 0.534. The molecule has 0 aromatic heterocycles. The fourth-order valence-electron chi connectivity index (χ4n) is 3.74. The normalized spacial score (nSPS) is 18.4. The van der Waals surface area contributed by atoms with Gasteiger partial charge in [0.15, 0.2) is 5.96 Å². The highest BCUT2D eigenvalue weighted by Crippen LogP contribution is 2.29. The van der Waals surface area contributed by atoms with Gasteiger partial charge in [-0.1, -0.05) is 24.6 Å². The summed E-state index contributed by atoms with van der Waals surface area (Å²) in [5, 5.41) is 6.40. The van der Waals surface area contributed by atoms with Crippen molar-refractivity contribution in [3.05, 3.63) is 29.8 Å². The largest absolute Gasteiger partial charge is 0.355 e. The van der Waals surface area contributed by atoms with E-state index in [4.69, 9.17) is 0 Å². The van der Waals surface area contributed by atoms with E-state index in [1.54, 1.807) is 7.05 Å². The van der Waals surface area contributed by atoms with Gasteiger partial charge >= 0.3 is 0 Å². The molecular weight excluding hydrogens is 362 g/mol. The van der Waals surface area contributed by atoms with Gasteiger partial charge in [-0.2, -0.15) is 0 Å². The Bertz CT molecular complexity index is 744. The van der Waals surface area contributed by atoms with Crippen LogP contribution in [0, 0.1) is 0 Å². The molecule has 7 nitrogen and oxygen atoms in total. The summed E-state index contributed by atoms with van der Waals surface area (Å²) in [5.74, 6) is 0.706. The number of fused-ring (bicyclic) bond motifs is 1. The number of sulfonamides is 1. The molecule has 1 fully saturated rings. The highest BCUT2D eigenvalue weighted by molar-refractivity contribution is 7.92. The number of anilines is 1. The average Bonchev–Trinajstić information content (AvgIpc) is 3.12. The molecule has 3 rings (SSSR count). The minimum Gasteiger partial charge on any atom is -0.355 e. The lowest BCUT2D eigenvalue weighted by atomic mass is 10.1. The fraction of sp³-hybridized carbons (Fsp3) is 0.632. The molecule has 2 aliphatic heterocycles. The SMILES string of the molecule is CN=C(NCCN1CCCCC1)NCCS(=O)(=O)N1CCc2ccccc21. The van der Waals surface area contributed by atoms with Crippen LogP contribution in [0.4, 0.5) is 5.69 Å². The number of guanidine groups is 1. The molecule has 0 bridgehead atoms. The summed E-state index contributed by atoms with van der Waals surface area (Å²) in [6.07, 6.45) is 4.68. The lowest BCUT2D eigenvalue weighted by Crippen LogP contribution is -2.44. The Kier molecular flexibility index (Phi) is 6.95. The van der Waals surface area contributed by atoms with Crippen LogP contribution in [0.2, 0.25) is 0 Å². The third kappa shape index (κ3) is 5.35. The van der Waals surface area contributed by atoms with Crippen molar-refractivity contribution < 1.29 is 8.42 Å². The molecule has 150 valence electrons. The molecule has 2 heterocycles. The predicted molar refractivity (Wildman–Crippen MR) is 111 cm³/mol. The minimum atomic E-state index is -3.34. The molecule has 2 N–H and O–H groups in total. The van der Waals surface area contributed by atoms with Crippen molar-refractivity contribution in [1.82, 2.24) is 15.5 Å². The molecule has 0 unspecified atom stereocenters. The van der Waals surface area contributed by atoms with Crippen molar-refractivity contribution in [2.45, 2.75) is 25.7 Å². The maximum Gasteiger partial charge on any atom is 0.236 e. The summed E-state index contributed by atoms with van der Waals surface area (Å²) in [7, 11) is -1.63. The molecule has 0 aliphatic carbocycles. The second kappa shape index (κ2) is 9.41. The fourth-order valence-corrected chi connectivity index (χ4v) is 5.17. The lowest BCUT2D eigenvalue weighted by molar-refractivity contribution is 0.232. The van der Waals surface area contributed by atoms with E-state index < -0.39 is 10.0 Å². The van der Waals surface area contributed by atoms with Crippen LogP contribution in [0.15, 0.2) is 29.3 Å². The number of aliphatic imine (C=N–C) groups is 1. The van der Waals surface area contributed by atoms with Crippen molar-refractivity contribution in [2.24, 2.45) is 4.99 Å². The third-order valence-electron chi connectivity index (χ3n) is 5.23. The molecule has 2 aliphatic rings. The summed E-state index contributed by atoms with van der Waals surface area (Å²) in [6.45, 7) is 5.01. The highest BCUT2D eigenvalue weighted by atomic mass is 32.2. The number of para-hydroxylation sites is 1. The van der Waals surface area contributed by atoms with E-state index in [0.717, 1.165) is 30.8 Å². The first kappa shape index (κ1) is 19.9. The van der Waals surface area contributed by atoms with Crippen LogP contribution in [-0.2, 0) is 16.4 Å². The Morgan fingerprint density at radius 2 is 1.81 bits per heavy atom. The summed E-state index contributed by atoms with van der Waals surface area (Å²) < 4.78 is 26.9. The minimum absolute atomic E-state index is 0.0498. The van der Waals surface area contributed by atoms with Crippen molar-refractivity contribution in [3.63, 3.8) is 0 Å². The van der Waals surface area contributed by atoms with Crippen molar-refractivity contribution in [2.75, 3.05) is 56.4 Å². The lowest BCUT2D eigenvalue weighted by Gasteiger charge is -2.26. The van der Waals surface area contributed by atoms with Gasteiger partial charge in [0.25, 0.3) is 0 Å². The zero-order valence-corrected chi connectivity index (χ0v) is 17.0. The first-order valence-corrected chi connectivity index (χ1v) is 11.5. The Morgan fingerprint density at radius 1 is 1.07 bits per heavy atom. The van der Waals surface area contributed by atoms with Gasteiger partial charge in [-0.25, -0.2) is 8.42 Å². The first-order valence-electron chi connectivity index (χ1n) is 9.85. The first-order chi connectivity index (χ1) is 13.1. The van der Waals surface area contributed by atoms with Gasteiger partial charge in [0.05, 0.1) is 11.4 Å². The third-order valence-corrected chi connectivity index (χ3v) is 7.00. The van der Waals surface area contributed by atoms with Crippen LogP contribution in [0.3, 0.4) is 0 Å². The topological polar surface area (TPSA) is 77.0 Å². The molecule has 1 aromatic rings. The monoisotopic (exact) mass is 393 g/mol. The second-order valence-electron chi connectivity index (χ2n) is 7.09. The Hall–Kier alpha value is -1.80. The molecule has 0 spiro atoms. The average molecular weight is 394 g/mol. The number of rotatable bonds is 7. The van der Waals surface area contributed by atoms with Crippen LogP contribution in [0.5, 0.6) is 0 Å². The van der Waals surface area contributed by atoms with Gasteiger partial charge < -0.3 is 15.5 Å². The zero-order valence-electron chi connectivity index (χ0n) is 16.2. The van der Waals surface area contributed by atoms with Crippen LogP contribution in [0.25, 0.3) is 0 Å². The smallest absolute Gasteiger partial charge is 0.236 e. The number of hydrogen-bond acceptors (Lipinski definition) is 4. The second-order valence-corrected chi connectivity index (χ2v) is 9.11. The van der Waals surface area contributed by atoms with Crippen LogP contribution >= 0.6 is 0 Å². The van der Waals surface area contributed by atoms with Crippen molar-refractivity contribution in [1.29, 1.82) is 0 Å². The molecule has 27 heavy (non-hydrogen) atoms. The van der Waals surface area contributed by atoms with Crippen LogP contribution in [-0.4, -0.2) is 71.3 Å². The van der Waals surface area contributed by atoms with Gasteiger partial charge in [-0.3, -0.25) is 9.30 Å². The van der Waals surface area contributed by atoms with Crippen molar-refractivity contribution >= 4 is 21.7 Å². The number of nitrogens with zero attached hydrogens (tertiary/aromatic N) is 3. The van der Waals surface area contributed by atoms with Crippen molar-refractivity contribution in [3.8, 4) is 0 Å². The molecule has 0 saturated carbocycles. The molecule has 1 aromatic carbocycles. The molecule has 0 amide bonds. The number of benzene rings is 1. The standard InChI is InChI=1S/C19H31N5O2S/c1-20-19(21-10-15-23-12-5-2-6-13-23)22-11-16-27(25,26)24-14-9-17-7-3-4-8-18(17)24/h3-4,7-8H,2,5-6,9-16H2,1H3,(H2,20,21,22). The number of likely N-dealkylation sites (tertiary alicyclic amines) is 1. The van der Waals surface area contributed by atoms with E-state index in [0.29, 0.717) is 19.0 Å². The molecule has 0 atom stereocenters. The Labute approximate surface area is 162 Å². The van der Waals surface area contributed by atoms with Crippen LogP contribution < -0.4 is 14.9 Å². The number of hydrogen-bond donors (Lipinski definition) is 2. The van der Waals surface area contributed by atoms with Gasteiger partial charge in [-0.15, -0.1) is 0 Å². The molecule has 8 heteroatoms. The summed E-state index contributed by atoms with van der Waals surface area (Å²) in [4.78, 5) is 6.65. The Balaban J connectivity index is 1.42.